The minimum absolute atomic E-state index is 0.552. The molecule has 0 aromatic heterocycles. The lowest BCUT2D eigenvalue weighted by molar-refractivity contribution is 0.166. The Hall–Kier alpha value is -1.12. The van der Waals surface area contributed by atoms with Gasteiger partial charge in [-0.15, -0.1) is 6.58 Å². The van der Waals surface area contributed by atoms with Gasteiger partial charge in [-0.2, -0.15) is 0 Å². The molecule has 0 aliphatic carbocycles. The van der Waals surface area contributed by atoms with Crippen molar-refractivity contribution in [1.82, 2.24) is 10.2 Å². The number of benzene rings is 1. The average molecular weight is 230 g/mol. The van der Waals surface area contributed by atoms with Crippen molar-refractivity contribution in [3.05, 3.63) is 48.6 Å². The fourth-order valence-corrected chi connectivity index (χ4v) is 2.50. The van der Waals surface area contributed by atoms with Crippen LogP contribution in [0.2, 0.25) is 0 Å². The lowest BCUT2D eigenvalue weighted by Crippen LogP contribution is -2.45. The number of piperazine rings is 1. The van der Waals surface area contributed by atoms with E-state index < -0.39 is 0 Å². The molecule has 0 spiro atoms. The van der Waals surface area contributed by atoms with Crippen molar-refractivity contribution in [2.24, 2.45) is 0 Å². The van der Waals surface area contributed by atoms with Crippen LogP contribution in [0.5, 0.6) is 0 Å². The highest BCUT2D eigenvalue weighted by Gasteiger charge is 2.20. The van der Waals surface area contributed by atoms with Gasteiger partial charge in [0.25, 0.3) is 0 Å². The maximum Gasteiger partial charge on any atom is 0.0352 e. The van der Waals surface area contributed by atoms with E-state index in [2.05, 4.69) is 47.1 Å². The van der Waals surface area contributed by atoms with Crippen molar-refractivity contribution in [2.75, 3.05) is 26.2 Å². The normalized spacial score (nSPS) is 18.8. The summed E-state index contributed by atoms with van der Waals surface area (Å²) < 4.78 is 0. The number of rotatable bonds is 5. The first-order valence-electron chi connectivity index (χ1n) is 6.52. The first kappa shape index (κ1) is 12.3. The van der Waals surface area contributed by atoms with E-state index in [0.29, 0.717) is 6.04 Å². The van der Waals surface area contributed by atoms with Crippen molar-refractivity contribution in [3.8, 4) is 0 Å². The topological polar surface area (TPSA) is 15.3 Å². The van der Waals surface area contributed by atoms with Gasteiger partial charge in [0.05, 0.1) is 0 Å². The summed E-state index contributed by atoms with van der Waals surface area (Å²) in [6.07, 6.45) is 4.29. The standard InChI is InChI=1S/C15H22N2/c1-2-3-9-15(14-7-5-4-6-8-14)17-12-10-16-11-13-17/h2,4-8,15-16H,1,3,9-13H2/t15-/m0/s1. The lowest BCUT2D eigenvalue weighted by atomic mass is 9.99. The minimum Gasteiger partial charge on any atom is -0.314 e. The zero-order chi connectivity index (χ0) is 11.9. The highest BCUT2D eigenvalue weighted by molar-refractivity contribution is 5.19. The maximum atomic E-state index is 3.84. The van der Waals surface area contributed by atoms with Crippen LogP contribution < -0.4 is 5.32 Å². The van der Waals surface area contributed by atoms with Crippen LogP contribution in [0.4, 0.5) is 0 Å². The molecular weight excluding hydrogens is 208 g/mol. The van der Waals surface area contributed by atoms with Crippen LogP contribution in [-0.4, -0.2) is 31.1 Å². The molecule has 2 heteroatoms. The first-order valence-corrected chi connectivity index (χ1v) is 6.52. The summed E-state index contributed by atoms with van der Waals surface area (Å²) in [5, 5.41) is 3.42. The number of allylic oxidation sites excluding steroid dienone is 1. The van der Waals surface area contributed by atoms with Crippen LogP contribution in [0.15, 0.2) is 43.0 Å². The van der Waals surface area contributed by atoms with E-state index in [1.165, 1.54) is 12.0 Å². The van der Waals surface area contributed by atoms with Crippen LogP contribution in [0.3, 0.4) is 0 Å². The molecule has 1 aliphatic rings. The Morgan fingerprint density at radius 3 is 2.59 bits per heavy atom. The smallest absolute Gasteiger partial charge is 0.0352 e. The summed E-state index contributed by atoms with van der Waals surface area (Å²) in [5.41, 5.74) is 1.44. The third-order valence-corrected chi connectivity index (χ3v) is 3.42. The van der Waals surface area contributed by atoms with Gasteiger partial charge in [0.1, 0.15) is 0 Å². The van der Waals surface area contributed by atoms with Gasteiger partial charge in [-0.1, -0.05) is 36.4 Å². The number of nitrogens with zero attached hydrogens (tertiary/aromatic N) is 1. The molecule has 1 N–H and O–H groups in total. The Labute approximate surface area is 104 Å². The maximum absolute atomic E-state index is 3.84. The van der Waals surface area contributed by atoms with Crippen LogP contribution in [-0.2, 0) is 0 Å². The summed E-state index contributed by atoms with van der Waals surface area (Å²) >= 11 is 0. The number of hydrogen-bond donors (Lipinski definition) is 1. The lowest BCUT2D eigenvalue weighted by Gasteiger charge is -2.35. The second-order valence-corrected chi connectivity index (χ2v) is 4.58. The molecule has 92 valence electrons. The molecule has 1 aromatic rings. The van der Waals surface area contributed by atoms with E-state index in [1.54, 1.807) is 0 Å². The largest absolute Gasteiger partial charge is 0.314 e. The SMILES string of the molecule is C=CCC[C@@H](c1ccccc1)N1CCNCC1. The molecule has 1 saturated heterocycles. The molecule has 17 heavy (non-hydrogen) atoms. The molecule has 0 amide bonds. The van der Waals surface area contributed by atoms with Gasteiger partial charge in [0.15, 0.2) is 0 Å². The highest BCUT2D eigenvalue weighted by Crippen LogP contribution is 2.25. The van der Waals surface area contributed by atoms with Gasteiger partial charge in [0, 0.05) is 32.2 Å². The second kappa shape index (κ2) is 6.58. The molecule has 1 aromatic carbocycles. The van der Waals surface area contributed by atoms with Crippen LogP contribution in [0.25, 0.3) is 0 Å². The molecule has 0 unspecified atom stereocenters. The average Bonchev–Trinajstić information content (AvgIpc) is 2.42. The van der Waals surface area contributed by atoms with E-state index in [0.717, 1.165) is 32.6 Å². The molecule has 2 nitrogen and oxygen atoms in total. The summed E-state index contributed by atoms with van der Waals surface area (Å²) in [7, 11) is 0. The first-order chi connectivity index (χ1) is 8.42. The Morgan fingerprint density at radius 1 is 1.24 bits per heavy atom. The van der Waals surface area contributed by atoms with Crippen molar-refractivity contribution in [3.63, 3.8) is 0 Å². The Bertz CT molecular complexity index is 328. The minimum atomic E-state index is 0.552. The monoisotopic (exact) mass is 230 g/mol. The Balaban J connectivity index is 2.09. The summed E-state index contributed by atoms with van der Waals surface area (Å²) in [5.74, 6) is 0. The van der Waals surface area contributed by atoms with Crippen molar-refractivity contribution in [2.45, 2.75) is 18.9 Å². The van der Waals surface area contributed by atoms with Crippen LogP contribution in [0, 0.1) is 0 Å². The molecule has 1 aliphatic heterocycles. The van der Waals surface area contributed by atoms with Gasteiger partial charge in [-0.25, -0.2) is 0 Å². The van der Waals surface area contributed by atoms with Gasteiger partial charge in [-0.3, -0.25) is 4.90 Å². The van der Waals surface area contributed by atoms with Crippen LogP contribution >= 0.6 is 0 Å². The van der Waals surface area contributed by atoms with Crippen molar-refractivity contribution in [1.29, 1.82) is 0 Å². The van der Waals surface area contributed by atoms with Gasteiger partial charge >= 0.3 is 0 Å². The summed E-state index contributed by atoms with van der Waals surface area (Å²) in [6.45, 7) is 8.36. The summed E-state index contributed by atoms with van der Waals surface area (Å²) in [4.78, 5) is 2.59. The zero-order valence-corrected chi connectivity index (χ0v) is 10.4. The highest BCUT2D eigenvalue weighted by atomic mass is 15.2. The molecule has 2 rings (SSSR count). The van der Waals surface area contributed by atoms with Crippen molar-refractivity contribution < 1.29 is 0 Å². The second-order valence-electron chi connectivity index (χ2n) is 4.58. The van der Waals surface area contributed by atoms with E-state index >= 15 is 0 Å². The predicted molar refractivity (Wildman–Crippen MR) is 73.1 cm³/mol. The number of nitrogens with one attached hydrogen (secondary N) is 1. The van der Waals surface area contributed by atoms with E-state index in [-0.39, 0.29) is 0 Å². The molecule has 0 radical (unpaired) electrons. The molecule has 0 saturated carbocycles. The Kier molecular flexibility index (Phi) is 4.77. The summed E-state index contributed by atoms with van der Waals surface area (Å²) in [6, 6.07) is 11.4. The predicted octanol–water partition coefficient (Wildman–Crippen LogP) is 2.60. The van der Waals surface area contributed by atoms with E-state index in [9.17, 15) is 0 Å². The van der Waals surface area contributed by atoms with Gasteiger partial charge in [-0.05, 0) is 18.4 Å². The molecular formula is C15H22N2. The van der Waals surface area contributed by atoms with Crippen LogP contribution in [0.1, 0.15) is 24.4 Å². The molecule has 0 bridgehead atoms. The molecule has 1 heterocycles. The third kappa shape index (κ3) is 3.42. The quantitative estimate of drug-likeness (QED) is 0.782. The zero-order valence-electron chi connectivity index (χ0n) is 10.4. The Morgan fingerprint density at radius 2 is 1.94 bits per heavy atom. The third-order valence-electron chi connectivity index (χ3n) is 3.42. The van der Waals surface area contributed by atoms with Gasteiger partial charge in [0.2, 0.25) is 0 Å². The molecule has 1 atom stereocenters. The van der Waals surface area contributed by atoms with Gasteiger partial charge < -0.3 is 5.32 Å². The number of hydrogen-bond acceptors (Lipinski definition) is 2. The van der Waals surface area contributed by atoms with Crippen molar-refractivity contribution >= 4 is 0 Å². The fourth-order valence-electron chi connectivity index (χ4n) is 2.50. The molecule has 1 fully saturated rings. The van der Waals surface area contributed by atoms with E-state index in [4.69, 9.17) is 0 Å². The fraction of sp³-hybridized carbons (Fsp3) is 0.467. The van der Waals surface area contributed by atoms with E-state index in [1.807, 2.05) is 6.08 Å².